The molecule has 0 aliphatic carbocycles. The lowest BCUT2D eigenvalue weighted by molar-refractivity contribution is -0.123. The molecule has 2 aliphatic heterocycles. The van der Waals surface area contributed by atoms with E-state index >= 15 is 0 Å². The topological polar surface area (TPSA) is 55.6 Å². The Morgan fingerprint density at radius 2 is 2.32 bits per heavy atom. The van der Waals surface area contributed by atoms with Gasteiger partial charge < -0.3 is 15.4 Å². The average Bonchev–Trinajstić information content (AvgIpc) is 2.86. The molecular formula is C15H20N2O2. The first-order chi connectivity index (χ1) is 9.12. The van der Waals surface area contributed by atoms with E-state index in [2.05, 4.69) is 25.1 Å². The van der Waals surface area contributed by atoms with Gasteiger partial charge in [-0.2, -0.15) is 0 Å². The molecule has 1 aromatic rings. The van der Waals surface area contributed by atoms with E-state index in [1.165, 1.54) is 5.56 Å². The zero-order valence-electron chi connectivity index (χ0n) is 11.3. The monoisotopic (exact) mass is 260 g/mol. The Morgan fingerprint density at radius 3 is 3.05 bits per heavy atom. The van der Waals surface area contributed by atoms with Crippen molar-refractivity contribution in [2.24, 2.45) is 5.73 Å². The number of rotatable bonds is 1. The van der Waals surface area contributed by atoms with Gasteiger partial charge in [-0.05, 0) is 37.3 Å². The van der Waals surface area contributed by atoms with Crippen molar-refractivity contribution in [2.45, 2.75) is 31.7 Å². The van der Waals surface area contributed by atoms with Gasteiger partial charge in [-0.25, -0.2) is 0 Å². The molecule has 102 valence electrons. The molecule has 1 aromatic carbocycles. The van der Waals surface area contributed by atoms with E-state index < -0.39 is 5.54 Å². The van der Waals surface area contributed by atoms with Crippen LogP contribution in [0.5, 0.6) is 0 Å². The molecule has 1 amide bonds. The van der Waals surface area contributed by atoms with Crippen molar-refractivity contribution in [1.29, 1.82) is 0 Å². The summed E-state index contributed by atoms with van der Waals surface area (Å²) in [6.45, 7) is 3.73. The summed E-state index contributed by atoms with van der Waals surface area (Å²) in [4.78, 5) is 14.6. The highest BCUT2D eigenvalue weighted by molar-refractivity contribution is 6.01. The molecule has 1 atom stereocenters. The summed E-state index contributed by atoms with van der Waals surface area (Å²) in [5.41, 5.74) is 8.85. The van der Waals surface area contributed by atoms with Crippen molar-refractivity contribution in [3.8, 4) is 0 Å². The van der Waals surface area contributed by atoms with Gasteiger partial charge in [0.15, 0.2) is 0 Å². The second kappa shape index (κ2) is 4.62. The second-order valence-electron chi connectivity index (χ2n) is 5.60. The Bertz CT molecular complexity index is 507. The molecule has 1 saturated heterocycles. The molecular weight excluding hydrogens is 240 g/mol. The van der Waals surface area contributed by atoms with Gasteiger partial charge in [0.2, 0.25) is 5.91 Å². The number of carbonyl (C=O) groups excluding carboxylic acids is 1. The van der Waals surface area contributed by atoms with Crippen LogP contribution in [0.3, 0.4) is 0 Å². The summed E-state index contributed by atoms with van der Waals surface area (Å²) in [7, 11) is 0. The summed E-state index contributed by atoms with van der Waals surface area (Å²) in [6.07, 6.45) is 2.65. The van der Waals surface area contributed by atoms with E-state index in [-0.39, 0.29) is 5.91 Å². The smallest absolute Gasteiger partial charge is 0.249 e. The molecule has 0 bridgehead atoms. The first-order valence-electron chi connectivity index (χ1n) is 6.89. The predicted molar refractivity (Wildman–Crippen MR) is 74.2 cm³/mol. The van der Waals surface area contributed by atoms with Crippen molar-refractivity contribution >= 4 is 11.6 Å². The van der Waals surface area contributed by atoms with Crippen LogP contribution in [0.15, 0.2) is 18.2 Å². The summed E-state index contributed by atoms with van der Waals surface area (Å²) in [6, 6.07) is 6.22. The third-order valence-corrected chi connectivity index (χ3v) is 4.14. The van der Waals surface area contributed by atoms with E-state index in [4.69, 9.17) is 10.5 Å². The van der Waals surface area contributed by atoms with Gasteiger partial charge in [0, 0.05) is 18.8 Å². The molecule has 1 unspecified atom stereocenters. The molecule has 2 N–H and O–H groups in total. The Labute approximate surface area is 113 Å². The zero-order valence-corrected chi connectivity index (χ0v) is 11.3. The van der Waals surface area contributed by atoms with Crippen molar-refractivity contribution in [1.82, 2.24) is 0 Å². The lowest BCUT2D eigenvalue weighted by Crippen LogP contribution is -2.57. The van der Waals surface area contributed by atoms with Gasteiger partial charge in [-0.1, -0.05) is 18.2 Å². The van der Waals surface area contributed by atoms with Crippen molar-refractivity contribution in [3.05, 3.63) is 29.3 Å². The molecule has 3 rings (SSSR count). The number of nitrogens with two attached hydrogens (primary N) is 1. The number of carbonyl (C=O) groups is 1. The maximum Gasteiger partial charge on any atom is 0.249 e. The first-order valence-corrected chi connectivity index (χ1v) is 6.89. The lowest BCUT2D eigenvalue weighted by Gasteiger charge is -2.35. The molecule has 0 saturated carbocycles. The van der Waals surface area contributed by atoms with Gasteiger partial charge in [0.1, 0.15) is 5.54 Å². The predicted octanol–water partition coefficient (Wildman–Crippen LogP) is 1.39. The van der Waals surface area contributed by atoms with Crippen LogP contribution in [0.2, 0.25) is 0 Å². The van der Waals surface area contributed by atoms with Crippen LogP contribution in [0.25, 0.3) is 0 Å². The largest absolute Gasteiger partial charge is 0.379 e. The molecule has 1 fully saturated rings. The molecule has 19 heavy (non-hydrogen) atoms. The SMILES string of the molecule is Cc1cccc2c1N(C(=O)C1(N)CCOC1)CCC2. The first kappa shape index (κ1) is 12.6. The Kier molecular flexibility index (Phi) is 3.07. The van der Waals surface area contributed by atoms with Crippen molar-refractivity contribution < 1.29 is 9.53 Å². The zero-order chi connectivity index (χ0) is 13.5. The highest BCUT2D eigenvalue weighted by atomic mass is 16.5. The summed E-state index contributed by atoms with van der Waals surface area (Å²) in [5.74, 6) is 0.0141. The average molecular weight is 260 g/mol. The second-order valence-corrected chi connectivity index (χ2v) is 5.60. The van der Waals surface area contributed by atoms with Crippen molar-refractivity contribution in [2.75, 3.05) is 24.7 Å². The number of aryl methyl sites for hydroxylation is 2. The number of nitrogens with zero attached hydrogens (tertiary/aromatic N) is 1. The molecule has 0 aromatic heterocycles. The number of anilines is 1. The lowest BCUT2D eigenvalue weighted by atomic mass is 9.93. The van der Waals surface area contributed by atoms with Crippen molar-refractivity contribution in [3.63, 3.8) is 0 Å². The number of hydrogen-bond donors (Lipinski definition) is 1. The molecule has 2 aliphatic rings. The summed E-state index contributed by atoms with van der Waals surface area (Å²) < 4.78 is 5.32. The highest BCUT2D eigenvalue weighted by Gasteiger charge is 2.42. The van der Waals surface area contributed by atoms with E-state index in [0.717, 1.165) is 30.6 Å². The minimum Gasteiger partial charge on any atom is -0.379 e. The quantitative estimate of drug-likeness (QED) is 0.830. The van der Waals surface area contributed by atoms with Crippen LogP contribution in [0.1, 0.15) is 24.0 Å². The van der Waals surface area contributed by atoms with E-state index in [0.29, 0.717) is 19.6 Å². The summed E-state index contributed by atoms with van der Waals surface area (Å²) >= 11 is 0. The van der Waals surface area contributed by atoms with Crippen LogP contribution in [0.4, 0.5) is 5.69 Å². The number of hydrogen-bond acceptors (Lipinski definition) is 3. The van der Waals surface area contributed by atoms with Crippen LogP contribution < -0.4 is 10.6 Å². The fourth-order valence-electron chi connectivity index (χ4n) is 3.07. The number of amides is 1. The standard InChI is InChI=1S/C15H20N2O2/c1-11-4-2-5-12-6-3-8-17(13(11)12)14(18)15(16)7-9-19-10-15/h2,4-5H,3,6-10,16H2,1H3. The van der Waals surface area contributed by atoms with Crippen LogP contribution in [-0.2, 0) is 16.0 Å². The van der Waals surface area contributed by atoms with Gasteiger partial charge in [-0.15, -0.1) is 0 Å². The fraction of sp³-hybridized carbons (Fsp3) is 0.533. The third kappa shape index (κ3) is 2.05. The molecule has 4 nitrogen and oxygen atoms in total. The number of fused-ring (bicyclic) bond motifs is 1. The number of benzene rings is 1. The van der Waals surface area contributed by atoms with Crippen LogP contribution >= 0.6 is 0 Å². The molecule has 0 spiro atoms. The minimum atomic E-state index is -0.836. The number of para-hydroxylation sites is 1. The molecule has 0 radical (unpaired) electrons. The Balaban J connectivity index is 1.97. The van der Waals surface area contributed by atoms with E-state index in [1.807, 2.05) is 4.90 Å². The highest BCUT2D eigenvalue weighted by Crippen LogP contribution is 2.33. The maximum absolute atomic E-state index is 12.8. The minimum absolute atomic E-state index is 0.0141. The summed E-state index contributed by atoms with van der Waals surface area (Å²) in [5, 5.41) is 0. The number of ether oxygens (including phenoxy) is 1. The van der Waals surface area contributed by atoms with E-state index in [9.17, 15) is 4.79 Å². The van der Waals surface area contributed by atoms with Gasteiger partial charge >= 0.3 is 0 Å². The Hall–Kier alpha value is -1.39. The van der Waals surface area contributed by atoms with Gasteiger partial charge in [-0.3, -0.25) is 4.79 Å². The van der Waals surface area contributed by atoms with Gasteiger partial charge in [0.25, 0.3) is 0 Å². The van der Waals surface area contributed by atoms with E-state index in [1.54, 1.807) is 0 Å². The van der Waals surface area contributed by atoms with Gasteiger partial charge in [0.05, 0.1) is 6.61 Å². The third-order valence-electron chi connectivity index (χ3n) is 4.14. The molecule has 2 heterocycles. The maximum atomic E-state index is 12.8. The Morgan fingerprint density at radius 1 is 1.47 bits per heavy atom. The fourth-order valence-corrected chi connectivity index (χ4v) is 3.07. The van der Waals surface area contributed by atoms with Crippen LogP contribution in [0, 0.1) is 6.92 Å². The normalized spacial score (nSPS) is 26.3. The van der Waals surface area contributed by atoms with Crippen LogP contribution in [-0.4, -0.2) is 31.2 Å². The molecule has 4 heteroatoms.